The average Bonchev–Trinajstić information content (AvgIpc) is 2.75. The molecule has 0 spiro atoms. The van der Waals surface area contributed by atoms with Crippen molar-refractivity contribution < 1.29 is 19.0 Å². The molecule has 1 aliphatic rings. The van der Waals surface area contributed by atoms with E-state index < -0.39 is 0 Å². The Bertz CT molecular complexity index is 863. The SMILES string of the molecule is CC(=O)OC(C)CCCC#Cc1ccc(-c2ncc(OC3CCCCO3)cn2)cc1. The molecule has 1 saturated heterocycles. The third-order valence-electron chi connectivity index (χ3n) is 4.69. The van der Waals surface area contributed by atoms with Crippen LogP contribution in [0.25, 0.3) is 11.4 Å². The average molecular weight is 408 g/mol. The summed E-state index contributed by atoms with van der Waals surface area (Å²) in [5.41, 5.74) is 1.87. The first kappa shape index (κ1) is 21.8. The molecule has 2 atom stereocenters. The summed E-state index contributed by atoms with van der Waals surface area (Å²) in [6.45, 7) is 4.07. The van der Waals surface area contributed by atoms with E-state index in [0.717, 1.165) is 56.3 Å². The van der Waals surface area contributed by atoms with Gasteiger partial charge < -0.3 is 14.2 Å². The summed E-state index contributed by atoms with van der Waals surface area (Å²) in [4.78, 5) is 19.7. The fourth-order valence-electron chi connectivity index (χ4n) is 3.17. The van der Waals surface area contributed by atoms with Gasteiger partial charge in [0.15, 0.2) is 17.9 Å². The van der Waals surface area contributed by atoms with E-state index in [9.17, 15) is 4.79 Å². The lowest BCUT2D eigenvalue weighted by Gasteiger charge is -2.23. The van der Waals surface area contributed by atoms with Crippen molar-refractivity contribution in [2.75, 3.05) is 6.61 Å². The molecule has 0 saturated carbocycles. The van der Waals surface area contributed by atoms with E-state index in [1.54, 1.807) is 12.4 Å². The number of carbonyl (C=O) groups is 1. The molecule has 2 aromatic rings. The fourth-order valence-corrected chi connectivity index (χ4v) is 3.17. The molecule has 30 heavy (non-hydrogen) atoms. The molecule has 1 aliphatic heterocycles. The molecule has 6 nitrogen and oxygen atoms in total. The second kappa shape index (κ2) is 11.3. The Morgan fingerprint density at radius 1 is 1.23 bits per heavy atom. The number of unbranched alkanes of at least 4 members (excludes halogenated alkanes) is 1. The largest absolute Gasteiger partial charge is 0.463 e. The van der Waals surface area contributed by atoms with E-state index in [2.05, 4.69) is 21.8 Å². The third kappa shape index (κ3) is 7.16. The van der Waals surface area contributed by atoms with E-state index in [1.807, 2.05) is 31.2 Å². The van der Waals surface area contributed by atoms with Gasteiger partial charge in [-0.05, 0) is 56.9 Å². The molecule has 158 valence electrons. The molecule has 1 fully saturated rings. The van der Waals surface area contributed by atoms with Gasteiger partial charge in [-0.25, -0.2) is 9.97 Å². The van der Waals surface area contributed by atoms with Gasteiger partial charge in [0.2, 0.25) is 0 Å². The first-order valence-corrected chi connectivity index (χ1v) is 10.5. The molecule has 1 aromatic carbocycles. The summed E-state index contributed by atoms with van der Waals surface area (Å²) in [6, 6.07) is 7.86. The number of nitrogens with zero attached hydrogens (tertiary/aromatic N) is 2. The Kier molecular flexibility index (Phi) is 8.22. The van der Waals surface area contributed by atoms with Crippen molar-refractivity contribution in [1.29, 1.82) is 0 Å². The van der Waals surface area contributed by atoms with Crippen LogP contribution in [0.5, 0.6) is 5.75 Å². The van der Waals surface area contributed by atoms with Gasteiger partial charge in [-0.2, -0.15) is 0 Å². The van der Waals surface area contributed by atoms with E-state index in [1.165, 1.54) is 6.92 Å². The molecule has 3 rings (SSSR count). The quantitative estimate of drug-likeness (QED) is 0.381. The van der Waals surface area contributed by atoms with E-state index in [-0.39, 0.29) is 18.4 Å². The van der Waals surface area contributed by atoms with Gasteiger partial charge in [0, 0.05) is 30.9 Å². The Morgan fingerprint density at radius 2 is 2.00 bits per heavy atom. The third-order valence-corrected chi connectivity index (χ3v) is 4.69. The van der Waals surface area contributed by atoms with Crippen molar-refractivity contribution >= 4 is 5.97 Å². The van der Waals surface area contributed by atoms with Crippen molar-refractivity contribution in [2.45, 2.75) is 64.8 Å². The van der Waals surface area contributed by atoms with Gasteiger partial charge >= 0.3 is 5.97 Å². The van der Waals surface area contributed by atoms with E-state index in [4.69, 9.17) is 14.2 Å². The normalized spacial score (nSPS) is 16.8. The molecule has 0 radical (unpaired) electrons. The fraction of sp³-hybridized carbons (Fsp3) is 0.458. The molecule has 2 heterocycles. The number of rotatable bonds is 7. The van der Waals surface area contributed by atoms with Crippen LogP contribution in [-0.4, -0.2) is 34.9 Å². The number of benzene rings is 1. The highest BCUT2D eigenvalue weighted by Crippen LogP contribution is 2.20. The molecule has 0 N–H and O–H groups in total. The highest BCUT2D eigenvalue weighted by atomic mass is 16.7. The summed E-state index contributed by atoms with van der Waals surface area (Å²) in [6.07, 6.45) is 8.70. The van der Waals surface area contributed by atoms with Crippen LogP contribution in [0.2, 0.25) is 0 Å². The van der Waals surface area contributed by atoms with Gasteiger partial charge in [0.1, 0.15) is 0 Å². The van der Waals surface area contributed by atoms with Crippen LogP contribution in [0.15, 0.2) is 36.7 Å². The number of aromatic nitrogens is 2. The monoisotopic (exact) mass is 408 g/mol. The zero-order valence-corrected chi connectivity index (χ0v) is 17.6. The molecule has 0 aliphatic carbocycles. The maximum absolute atomic E-state index is 10.9. The van der Waals surface area contributed by atoms with Gasteiger partial charge in [-0.3, -0.25) is 4.79 Å². The minimum absolute atomic E-state index is 0.0597. The second-order valence-corrected chi connectivity index (χ2v) is 7.35. The zero-order chi connectivity index (χ0) is 21.2. The van der Waals surface area contributed by atoms with Crippen LogP contribution in [0.3, 0.4) is 0 Å². The lowest BCUT2D eigenvalue weighted by Crippen LogP contribution is -2.25. The molecule has 0 amide bonds. The molecule has 2 unspecified atom stereocenters. The minimum Gasteiger partial charge on any atom is -0.463 e. The van der Waals surface area contributed by atoms with Crippen molar-refractivity contribution in [3.63, 3.8) is 0 Å². The summed E-state index contributed by atoms with van der Waals surface area (Å²) in [5, 5.41) is 0. The van der Waals surface area contributed by atoms with Crippen molar-refractivity contribution in [3.8, 4) is 29.0 Å². The topological polar surface area (TPSA) is 70.5 Å². The van der Waals surface area contributed by atoms with Crippen LogP contribution < -0.4 is 4.74 Å². The molecule has 6 heteroatoms. The Hall–Kier alpha value is -2.91. The number of hydrogen-bond acceptors (Lipinski definition) is 6. The van der Waals surface area contributed by atoms with Crippen LogP contribution >= 0.6 is 0 Å². The molecular weight excluding hydrogens is 380 g/mol. The minimum atomic E-state index is -0.238. The van der Waals surface area contributed by atoms with Gasteiger partial charge in [0.25, 0.3) is 0 Å². The zero-order valence-electron chi connectivity index (χ0n) is 17.6. The number of carbonyl (C=O) groups excluding carboxylic acids is 1. The molecule has 1 aromatic heterocycles. The van der Waals surface area contributed by atoms with Crippen LogP contribution in [-0.2, 0) is 14.3 Å². The first-order chi connectivity index (χ1) is 14.6. The highest BCUT2D eigenvalue weighted by Gasteiger charge is 2.15. The smallest absolute Gasteiger partial charge is 0.302 e. The molecule has 0 bridgehead atoms. The Morgan fingerprint density at radius 3 is 2.67 bits per heavy atom. The Balaban J connectivity index is 1.47. The predicted octanol–water partition coefficient (Wildman–Crippen LogP) is 4.52. The van der Waals surface area contributed by atoms with Crippen molar-refractivity contribution in [3.05, 3.63) is 42.2 Å². The lowest BCUT2D eigenvalue weighted by molar-refractivity contribution is -0.145. The van der Waals surface area contributed by atoms with Gasteiger partial charge in [-0.1, -0.05) is 11.8 Å². The number of hydrogen-bond donors (Lipinski definition) is 0. The lowest BCUT2D eigenvalue weighted by atomic mass is 10.1. The van der Waals surface area contributed by atoms with Crippen LogP contribution in [0.1, 0.15) is 57.9 Å². The maximum atomic E-state index is 10.9. The predicted molar refractivity (Wildman–Crippen MR) is 114 cm³/mol. The highest BCUT2D eigenvalue weighted by molar-refractivity contribution is 5.66. The second-order valence-electron chi connectivity index (χ2n) is 7.35. The standard InChI is InChI=1S/C24H28N2O4/c1-18(29-19(2)27)8-4-3-5-9-20-11-13-21(14-12-20)24-25-16-22(17-26-24)30-23-10-6-7-15-28-23/h11-14,16-18,23H,3-4,6-8,10,15H2,1-2H3. The Labute approximate surface area is 178 Å². The van der Waals surface area contributed by atoms with E-state index >= 15 is 0 Å². The van der Waals surface area contributed by atoms with Crippen LogP contribution in [0.4, 0.5) is 0 Å². The summed E-state index contributed by atoms with van der Waals surface area (Å²) < 4.78 is 16.4. The van der Waals surface area contributed by atoms with E-state index in [0.29, 0.717) is 11.6 Å². The van der Waals surface area contributed by atoms with Crippen molar-refractivity contribution in [1.82, 2.24) is 9.97 Å². The summed E-state index contributed by atoms with van der Waals surface area (Å²) >= 11 is 0. The number of ether oxygens (including phenoxy) is 3. The summed E-state index contributed by atoms with van der Waals surface area (Å²) in [7, 11) is 0. The number of esters is 1. The summed E-state index contributed by atoms with van der Waals surface area (Å²) in [5.74, 6) is 7.35. The molecular formula is C24H28N2O4. The van der Waals surface area contributed by atoms with Crippen LogP contribution in [0, 0.1) is 11.8 Å². The first-order valence-electron chi connectivity index (χ1n) is 10.5. The van der Waals surface area contributed by atoms with Gasteiger partial charge in [0.05, 0.1) is 25.1 Å². The van der Waals surface area contributed by atoms with Gasteiger partial charge in [-0.15, -0.1) is 0 Å². The maximum Gasteiger partial charge on any atom is 0.302 e. The van der Waals surface area contributed by atoms with Crippen molar-refractivity contribution in [2.24, 2.45) is 0 Å².